The summed E-state index contributed by atoms with van der Waals surface area (Å²) in [5.74, 6) is -0.366. The molecule has 1 N–H and O–H groups in total. The zero-order chi connectivity index (χ0) is 19.6. The molecule has 1 unspecified atom stereocenters. The molecule has 0 saturated heterocycles. The summed E-state index contributed by atoms with van der Waals surface area (Å²) in [7, 11) is 0. The van der Waals surface area contributed by atoms with Gasteiger partial charge in [0.15, 0.2) is 0 Å². The third-order valence-electron chi connectivity index (χ3n) is 5.65. The van der Waals surface area contributed by atoms with Crippen molar-refractivity contribution >= 4 is 17.3 Å². The Balaban J connectivity index is 1.79. The van der Waals surface area contributed by atoms with Crippen molar-refractivity contribution in [3.05, 3.63) is 55.6 Å². The Bertz CT molecular complexity index is 841. The number of benzene rings is 1. The van der Waals surface area contributed by atoms with Gasteiger partial charge >= 0.3 is 10.8 Å². The Hall–Kier alpha value is -1.88. The second-order valence-electron chi connectivity index (χ2n) is 8.16. The van der Waals surface area contributed by atoms with Crippen LogP contribution in [0.15, 0.2) is 29.1 Å². The number of carboxylic acids is 1. The number of nitrogens with zero attached hydrogens (tertiary/aromatic N) is 1. The maximum absolute atomic E-state index is 12.4. The molecule has 5 heteroatoms. The molecule has 1 aliphatic rings. The van der Waals surface area contributed by atoms with E-state index in [0.29, 0.717) is 12.5 Å². The van der Waals surface area contributed by atoms with E-state index in [2.05, 4.69) is 13.8 Å². The van der Waals surface area contributed by atoms with E-state index in [9.17, 15) is 14.7 Å². The van der Waals surface area contributed by atoms with Crippen LogP contribution in [-0.4, -0.2) is 15.6 Å². The van der Waals surface area contributed by atoms with Crippen LogP contribution in [0.4, 0.5) is 0 Å². The molecule has 0 amide bonds. The molecule has 146 valence electrons. The minimum absolute atomic E-state index is 0.0848. The van der Waals surface area contributed by atoms with E-state index in [1.54, 1.807) is 0 Å². The van der Waals surface area contributed by atoms with E-state index >= 15 is 0 Å². The Kier molecular flexibility index (Phi) is 6.20. The van der Waals surface area contributed by atoms with Crippen molar-refractivity contribution in [1.82, 2.24) is 4.57 Å². The fourth-order valence-electron chi connectivity index (χ4n) is 4.19. The van der Waals surface area contributed by atoms with Crippen LogP contribution in [0, 0.1) is 18.8 Å². The topological polar surface area (TPSA) is 59.3 Å². The maximum atomic E-state index is 12.4. The molecule has 1 saturated carbocycles. The van der Waals surface area contributed by atoms with E-state index in [1.807, 2.05) is 35.8 Å². The van der Waals surface area contributed by atoms with Crippen LogP contribution in [0.5, 0.6) is 0 Å². The Morgan fingerprint density at radius 2 is 1.85 bits per heavy atom. The lowest BCUT2D eigenvalue weighted by Gasteiger charge is -2.20. The summed E-state index contributed by atoms with van der Waals surface area (Å²) in [6.07, 6.45) is 5.19. The molecule has 1 aromatic heterocycles. The summed E-state index contributed by atoms with van der Waals surface area (Å²) >= 11 is 1.35. The number of thiazole rings is 1. The van der Waals surface area contributed by atoms with Crippen molar-refractivity contribution in [2.45, 2.75) is 65.3 Å². The number of carbonyl (C=O) groups is 1. The zero-order valence-electron chi connectivity index (χ0n) is 16.4. The molecule has 0 spiro atoms. The van der Waals surface area contributed by atoms with Crippen molar-refractivity contribution in [2.24, 2.45) is 11.8 Å². The number of hydrogen-bond donors (Lipinski definition) is 1. The molecule has 2 aromatic rings. The minimum atomic E-state index is -0.724. The monoisotopic (exact) mass is 387 g/mol. The van der Waals surface area contributed by atoms with Gasteiger partial charge < -0.3 is 5.11 Å². The largest absolute Gasteiger partial charge is 0.481 e. The summed E-state index contributed by atoms with van der Waals surface area (Å²) < 4.78 is 1.84. The van der Waals surface area contributed by atoms with Crippen molar-refractivity contribution in [2.75, 3.05) is 0 Å². The van der Waals surface area contributed by atoms with Gasteiger partial charge in [-0.05, 0) is 49.1 Å². The lowest BCUT2D eigenvalue weighted by molar-refractivity contribution is -0.140. The molecular weight excluding hydrogens is 358 g/mol. The van der Waals surface area contributed by atoms with Gasteiger partial charge in [-0.1, -0.05) is 62.3 Å². The molecule has 1 heterocycles. The van der Waals surface area contributed by atoms with Crippen LogP contribution in [0.25, 0.3) is 0 Å². The molecule has 1 aliphatic carbocycles. The number of hydrogen-bond acceptors (Lipinski definition) is 3. The first-order chi connectivity index (χ1) is 12.9. The van der Waals surface area contributed by atoms with E-state index in [0.717, 1.165) is 48.9 Å². The Morgan fingerprint density at radius 1 is 1.22 bits per heavy atom. The van der Waals surface area contributed by atoms with Gasteiger partial charge in [-0.2, -0.15) is 0 Å². The fourth-order valence-corrected chi connectivity index (χ4v) is 5.38. The van der Waals surface area contributed by atoms with Crippen LogP contribution in [0.3, 0.4) is 0 Å². The average molecular weight is 388 g/mol. The van der Waals surface area contributed by atoms with Gasteiger partial charge in [0.05, 0.1) is 12.5 Å². The van der Waals surface area contributed by atoms with Crippen LogP contribution >= 0.6 is 11.3 Å². The minimum Gasteiger partial charge on any atom is -0.481 e. The smallest absolute Gasteiger partial charge is 0.311 e. The predicted molar refractivity (Wildman–Crippen MR) is 110 cm³/mol. The van der Waals surface area contributed by atoms with Crippen LogP contribution in [-0.2, 0) is 17.8 Å². The maximum Gasteiger partial charge on any atom is 0.311 e. The van der Waals surface area contributed by atoms with Gasteiger partial charge in [-0.15, -0.1) is 0 Å². The second kappa shape index (κ2) is 8.42. The molecule has 3 rings (SSSR count). The summed E-state index contributed by atoms with van der Waals surface area (Å²) in [5, 5.41) is 9.69. The van der Waals surface area contributed by atoms with E-state index < -0.39 is 11.9 Å². The average Bonchev–Trinajstić information content (AvgIpc) is 3.20. The van der Waals surface area contributed by atoms with Crippen molar-refractivity contribution in [3.8, 4) is 0 Å². The van der Waals surface area contributed by atoms with Crippen LogP contribution in [0.1, 0.15) is 67.1 Å². The predicted octanol–water partition coefficient (Wildman–Crippen LogP) is 4.82. The summed E-state index contributed by atoms with van der Waals surface area (Å²) in [5.41, 5.74) is 2.97. The number of rotatable bonds is 7. The second-order valence-corrected chi connectivity index (χ2v) is 9.21. The Morgan fingerprint density at radius 3 is 2.41 bits per heavy atom. The normalized spacial score (nSPS) is 16.1. The number of carboxylic acid groups (broad SMARTS) is 1. The zero-order valence-corrected chi connectivity index (χ0v) is 17.2. The first-order valence-corrected chi connectivity index (χ1v) is 10.7. The van der Waals surface area contributed by atoms with Crippen LogP contribution < -0.4 is 4.87 Å². The highest BCUT2D eigenvalue weighted by molar-refractivity contribution is 7.09. The van der Waals surface area contributed by atoms with Gasteiger partial charge in [0.25, 0.3) is 0 Å². The molecule has 0 radical (unpaired) electrons. The van der Waals surface area contributed by atoms with Crippen LogP contribution in [0.2, 0.25) is 0 Å². The molecular formula is C22H29NO3S. The van der Waals surface area contributed by atoms with E-state index in [4.69, 9.17) is 0 Å². The van der Waals surface area contributed by atoms with E-state index in [1.165, 1.54) is 16.2 Å². The first kappa shape index (κ1) is 19.9. The summed E-state index contributed by atoms with van der Waals surface area (Å²) in [4.78, 5) is 25.4. The first-order valence-electron chi connectivity index (χ1n) is 9.87. The highest BCUT2D eigenvalue weighted by atomic mass is 32.1. The van der Waals surface area contributed by atoms with Crippen molar-refractivity contribution in [1.29, 1.82) is 0 Å². The van der Waals surface area contributed by atoms with Crippen molar-refractivity contribution in [3.63, 3.8) is 0 Å². The number of aromatic nitrogens is 1. The van der Waals surface area contributed by atoms with Gasteiger partial charge in [-0.3, -0.25) is 14.2 Å². The molecule has 1 aromatic carbocycles. The third-order valence-corrected chi connectivity index (χ3v) is 6.75. The van der Waals surface area contributed by atoms with Gasteiger partial charge in [0.2, 0.25) is 0 Å². The molecule has 1 atom stereocenters. The Labute approximate surface area is 164 Å². The lowest BCUT2D eigenvalue weighted by atomic mass is 9.84. The van der Waals surface area contributed by atoms with Gasteiger partial charge in [0.1, 0.15) is 0 Å². The van der Waals surface area contributed by atoms with E-state index in [-0.39, 0.29) is 10.8 Å². The van der Waals surface area contributed by atoms with Gasteiger partial charge in [0, 0.05) is 10.6 Å². The highest BCUT2D eigenvalue weighted by Crippen LogP contribution is 2.37. The summed E-state index contributed by atoms with van der Waals surface area (Å²) in [6.45, 7) is 6.89. The molecule has 4 nitrogen and oxygen atoms in total. The SMILES string of the molecule is Cc1c(CC(C)C)sc(=O)n1Cc1ccc(C(C(=O)O)C2CCCC2)cc1. The fraction of sp³-hybridized carbons (Fsp3) is 0.545. The van der Waals surface area contributed by atoms with Crippen molar-refractivity contribution < 1.29 is 9.90 Å². The number of aliphatic carboxylic acids is 1. The standard InChI is InChI=1S/C22H29NO3S/c1-14(2)12-19-15(3)23(22(26)27-19)13-16-8-10-18(11-9-16)20(21(24)25)17-6-4-5-7-17/h8-11,14,17,20H,4-7,12-13H2,1-3H3,(H,24,25). The van der Waals surface area contributed by atoms with Gasteiger partial charge in [-0.25, -0.2) is 0 Å². The quantitative estimate of drug-likeness (QED) is 0.741. The lowest BCUT2D eigenvalue weighted by Crippen LogP contribution is -2.20. The molecule has 0 aliphatic heterocycles. The summed E-state index contributed by atoms with van der Waals surface area (Å²) in [6, 6.07) is 7.83. The molecule has 1 fully saturated rings. The highest BCUT2D eigenvalue weighted by Gasteiger charge is 2.31. The third kappa shape index (κ3) is 4.52. The molecule has 27 heavy (non-hydrogen) atoms. The molecule has 0 bridgehead atoms.